The van der Waals surface area contributed by atoms with Crippen LogP contribution >= 0.6 is 11.8 Å². The van der Waals surface area contributed by atoms with Crippen molar-refractivity contribution in [1.82, 2.24) is 5.32 Å². The molecule has 0 aliphatic rings. The summed E-state index contributed by atoms with van der Waals surface area (Å²) < 4.78 is 5.20. The zero-order valence-electron chi connectivity index (χ0n) is 10.4. The van der Waals surface area contributed by atoms with Gasteiger partial charge in [0, 0.05) is 4.75 Å². The highest BCUT2D eigenvalue weighted by molar-refractivity contribution is 8.01. The lowest BCUT2D eigenvalue weighted by Crippen LogP contribution is -2.32. The Labute approximate surface area is 106 Å². The summed E-state index contributed by atoms with van der Waals surface area (Å²) in [5.74, 6) is 0.850. The van der Waals surface area contributed by atoms with Crippen LogP contribution in [0.15, 0.2) is 22.8 Å². The number of thioether (sulfide) groups is 1. The summed E-state index contributed by atoms with van der Waals surface area (Å²) in [6.45, 7) is 6.00. The molecule has 0 saturated heterocycles. The van der Waals surface area contributed by atoms with E-state index >= 15 is 0 Å². The maximum absolute atomic E-state index is 11.7. The van der Waals surface area contributed by atoms with Crippen molar-refractivity contribution in [3.8, 4) is 0 Å². The molecular formula is C12H19NO3S. The Hall–Kier alpha value is -0.940. The molecule has 1 aromatic rings. The van der Waals surface area contributed by atoms with Gasteiger partial charge in [-0.05, 0) is 12.1 Å². The van der Waals surface area contributed by atoms with Gasteiger partial charge in [0.15, 0.2) is 0 Å². The first-order valence-electron chi connectivity index (χ1n) is 5.50. The summed E-state index contributed by atoms with van der Waals surface area (Å²) in [5, 5.41) is 11.9. The van der Waals surface area contributed by atoms with Gasteiger partial charge in [0.25, 0.3) is 0 Å². The van der Waals surface area contributed by atoms with Gasteiger partial charge in [-0.1, -0.05) is 20.8 Å². The molecule has 0 fully saturated rings. The first kappa shape index (κ1) is 14.1. The second kappa shape index (κ2) is 6.12. The van der Waals surface area contributed by atoms with Crippen LogP contribution in [-0.4, -0.2) is 28.1 Å². The number of hydrogen-bond donors (Lipinski definition) is 2. The average molecular weight is 257 g/mol. The van der Waals surface area contributed by atoms with Crippen LogP contribution in [0.5, 0.6) is 0 Å². The van der Waals surface area contributed by atoms with Gasteiger partial charge in [-0.3, -0.25) is 4.79 Å². The number of aliphatic hydroxyl groups excluding tert-OH is 1. The van der Waals surface area contributed by atoms with E-state index < -0.39 is 6.04 Å². The highest BCUT2D eigenvalue weighted by Crippen LogP contribution is 2.23. The topological polar surface area (TPSA) is 62.5 Å². The largest absolute Gasteiger partial charge is 0.467 e. The number of rotatable bonds is 5. The van der Waals surface area contributed by atoms with Crippen molar-refractivity contribution in [3.05, 3.63) is 24.2 Å². The maximum atomic E-state index is 11.7. The minimum absolute atomic E-state index is 0.0523. The van der Waals surface area contributed by atoms with E-state index in [4.69, 9.17) is 4.42 Å². The van der Waals surface area contributed by atoms with Crippen LogP contribution in [0.25, 0.3) is 0 Å². The number of carbonyl (C=O) groups excluding carboxylic acids is 1. The Morgan fingerprint density at radius 1 is 1.59 bits per heavy atom. The Morgan fingerprint density at radius 2 is 2.29 bits per heavy atom. The second-order valence-electron chi connectivity index (χ2n) is 4.72. The van der Waals surface area contributed by atoms with Crippen molar-refractivity contribution in [1.29, 1.82) is 0 Å². The number of aliphatic hydroxyl groups is 1. The predicted molar refractivity (Wildman–Crippen MR) is 68.9 cm³/mol. The summed E-state index contributed by atoms with van der Waals surface area (Å²) in [4.78, 5) is 11.7. The summed E-state index contributed by atoms with van der Waals surface area (Å²) in [7, 11) is 0. The molecule has 1 aromatic heterocycles. The van der Waals surface area contributed by atoms with E-state index in [2.05, 4.69) is 26.1 Å². The highest BCUT2D eigenvalue weighted by Gasteiger charge is 2.18. The van der Waals surface area contributed by atoms with Crippen molar-refractivity contribution in [3.63, 3.8) is 0 Å². The van der Waals surface area contributed by atoms with Gasteiger partial charge in [-0.25, -0.2) is 0 Å². The lowest BCUT2D eigenvalue weighted by Gasteiger charge is -2.18. The summed E-state index contributed by atoms with van der Waals surface area (Å²) in [6.07, 6.45) is 1.52. The van der Waals surface area contributed by atoms with Gasteiger partial charge in [-0.15, -0.1) is 11.8 Å². The zero-order valence-corrected chi connectivity index (χ0v) is 11.2. The fourth-order valence-electron chi connectivity index (χ4n) is 1.21. The normalized spacial score (nSPS) is 13.4. The third-order valence-electron chi connectivity index (χ3n) is 2.04. The van der Waals surface area contributed by atoms with Crippen LogP contribution in [0.2, 0.25) is 0 Å². The van der Waals surface area contributed by atoms with Gasteiger partial charge in [0.2, 0.25) is 5.91 Å². The van der Waals surface area contributed by atoms with Gasteiger partial charge >= 0.3 is 0 Å². The van der Waals surface area contributed by atoms with Crippen LogP contribution in [-0.2, 0) is 4.79 Å². The average Bonchev–Trinajstić information content (AvgIpc) is 2.75. The number of carbonyl (C=O) groups is 1. The SMILES string of the molecule is CC(C)(C)SCC(=O)NC(CO)c1ccco1. The minimum Gasteiger partial charge on any atom is -0.467 e. The lowest BCUT2D eigenvalue weighted by molar-refractivity contribution is -0.119. The summed E-state index contributed by atoms with van der Waals surface area (Å²) in [5.41, 5.74) is 0. The number of amides is 1. The standard InChI is InChI=1S/C12H19NO3S/c1-12(2,3)17-8-11(15)13-9(7-14)10-5-4-6-16-10/h4-6,9,14H,7-8H2,1-3H3,(H,13,15). The molecule has 17 heavy (non-hydrogen) atoms. The van der Waals surface area contributed by atoms with Gasteiger partial charge in [0.1, 0.15) is 11.8 Å². The van der Waals surface area contributed by atoms with Gasteiger partial charge in [-0.2, -0.15) is 0 Å². The molecule has 0 radical (unpaired) electrons. The van der Waals surface area contributed by atoms with Gasteiger partial charge in [0.05, 0.1) is 18.6 Å². The Bertz CT molecular complexity index is 343. The lowest BCUT2D eigenvalue weighted by atomic mass is 10.2. The van der Waals surface area contributed by atoms with Crippen molar-refractivity contribution >= 4 is 17.7 Å². The Kier molecular flexibility index (Phi) is 5.08. The van der Waals surface area contributed by atoms with Crippen LogP contribution in [0.4, 0.5) is 0 Å². The van der Waals surface area contributed by atoms with Crippen LogP contribution in [0.3, 0.4) is 0 Å². The molecule has 0 aliphatic carbocycles. The molecule has 1 unspecified atom stereocenters. The Balaban J connectivity index is 2.44. The summed E-state index contributed by atoms with van der Waals surface area (Å²) in [6, 6.07) is 3.00. The second-order valence-corrected chi connectivity index (χ2v) is 6.52. The van der Waals surface area contributed by atoms with Crippen LogP contribution in [0, 0.1) is 0 Å². The third-order valence-corrected chi connectivity index (χ3v) is 3.31. The van der Waals surface area contributed by atoms with Crippen molar-refractivity contribution < 1.29 is 14.3 Å². The van der Waals surface area contributed by atoms with Crippen LogP contribution in [0.1, 0.15) is 32.6 Å². The molecule has 4 nitrogen and oxygen atoms in total. The number of hydrogen-bond acceptors (Lipinski definition) is 4. The fraction of sp³-hybridized carbons (Fsp3) is 0.583. The molecule has 1 rings (SSSR count). The van der Waals surface area contributed by atoms with E-state index in [1.54, 1.807) is 23.9 Å². The molecule has 0 aromatic carbocycles. The van der Waals surface area contributed by atoms with E-state index in [-0.39, 0.29) is 17.3 Å². The minimum atomic E-state index is -0.460. The molecule has 2 N–H and O–H groups in total. The molecule has 0 aliphatic heterocycles. The maximum Gasteiger partial charge on any atom is 0.230 e. The Morgan fingerprint density at radius 3 is 2.76 bits per heavy atom. The zero-order chi connectivity index (χ0) is 12.9. The highest BCUT2D eigenvalue weighted by atomic mass is 32.2. The van der Waals surface area contributed by atoms with Crippen molar-refractivity contribution in [2.75, 3.05) is 12.4 Å². The first-order chi connectivity index (χ1) is 7.92. The molecule has 1 heterocycles. The van der Waals surface area contributed by atoms with E-state index in [0.29, 0.717) is 11.5 Å². The van der Waals surface area contributed by atoms with E-state index in [9.17, 15) is 9.90 Å². The van der Waals surface area contributed by atoms with Crippen molar-refractivity contribution in [2.24, 2.45) is 0 Å². The molecule has 0 bridgehead atoms. The number of nitrogens with one attached hydrogen (secondary N) is 1. The molecular weight excluding hydrogens is 238 g/mol. The number of furan rings is 1. The van der Waals surface area contributed by atoms with Crippen LogP contribution < -0.4 is 5.32 Å². The molecule has 96 valence electrons. The molecule has 0 spiro atoms. The fourth-order valence-corrected chi connectivity index (χ4v) is 1.86. The van der Waals surface area contributed by atoms with Crippen molar-refractivity contribution in [2.45, 2.75) is 31.6 Å². The smallest absolute Gasteiger partial charge is 0.230 e. The quantitative estimate of drug-likeness (QED) is 0.846. The molecule has 5 heteroatoms. The predicted octanol–water partition coefficient (Wildman–Crippen LogP) is 1.96. The first-order valence-corrected chi connectivity index (χ1v) is 6.48. The van der Waals surface area contributed by atoms with E-state index in [0.717, 1.165) is 0 Å². The third kappa shape index (κ3) is 5.28. The molecule has 1 amide bonds. The van der Waals surface area contributed by atoms with Gasteiger partial charge < -0.3 is 14.8 Å². The summed E-state index contributed by atoms with van der Waals surface area (Å²) >= 11 is 1.57. The monoisotopic (exact) mass is 257 g/mol. The molecule has 0 saturated carbocycles. The molecule has 1 atom stereocenters. The van der Waals surface area contributed by atoms with E-state index in [1.807, 2.05) is 0 Å². The van der Waals surface area contributed by atoms with E-state index in [1.165, 1.54) is 6.26 Å².